The molecular formula is C25H26BrN3O4. The zero-order valence-corrected chi connectivity index (χ0v) is 20.3. The molecule has 1 amide bonds. The molecule has 0 bridgehead atoms. The van der Waals surface area contributed by atoms with Crippen molar-refractivity contribution in [3.05, 3.63) is 52.0 Å². The topological polar surface area (TPSA) is 88.7 Å². The van der Waals surface area contributed by atoms with Crippen molar-refractivity contribution in [1.29, 1.82) is 0 Å². The fourth-order valence-electron chi connectivity index (χ4n) is 5.08. The number of aliphatic hydroxyl groups excluding tert-OH is 1. The maximum absolute atomic E-state index is 12.5. The fraction of sp³-hybridized carbons (Fsp3) is 0.400. The Morgan fingerprint density at radius 1 is 1.30 bits per heavy atom. The van der Waals surface area contributed by atoms with E-state index in [1.807, 2.05) is 44.2 Å². The van der Waals surface area contributed by atoms with Crippen LogP contribution in [0.15, 0.2) is 45.4 Å². The number of ether oxygens (including phenoxy) is 1. The molecule has 7 nitrogen and oxygen atoms in total. The lowest BCUT2D eigenvalue weighted by Gasteiger charge is -2.24. The predicted octanol–water partition coefficient (Wildman–Crippen LogP) is 4.36. The molecule has 172 valence electrons. The number of hydrogen-bond acceptors (Lipinski definition) is 6. The molecule has 1 N–H and O–H groups in total. The van der Waals surface area contributed by atoms with Crippen LogP contribution >= 0.6 is 15.9 Å². The summed E-state index contributed by atoms with van der Waals surface area (Å²) in [5.74, 6) is 1.87. The van der Waals surface area contributed by atoms with E-state index in [-0.39, 0.29) is 24.0 Å². The normalized spacial score (nSPS) is 19.7. The minimum atomic E-state index is -0.193. The van der Waals surface area contributed by atoms with Crippen molar-refractivity contribution in [1.82, 2.24) is 15.0 Å². The van der Waals surface area contributed by atoms with Gasteiger partial charge in [-0.05, 0) is 71.9 Å². The van der Waals surface area contributed by atoms with Crippen LogP contribution in [0.2, 0.25) is 0 Å². The molecule has 1 aromatic heterocycles. The first-order valence-electron chi connectivity index (χ1n) is 11.2. The van der Waals surface area contributed by atoms with Crippen LogP contribution < -0.4 is 4.74 Å². The number of amides is 1. The third kappa shape index (κ3) is 3.95. The summed E-state index contributed by atoms with van der Waals surface area (Å²) in [6.45, 7) is 5.00. The van der Waals surface area contributed by atoms with Gasteiger partial charge in [-0.25, -0.2) is 0 Å². The number of benzene rings is 2. The molecule has 2 heterocycles. The van der Waals surface area contributed by atoms with Crippen molar-refractivity contribution in [2.45, 2.75) is 44.6 Å². The number of likely N-dealkylation sites (tertiary alicyclic amines) is 1. The molecule has 5 rings (SSSR count). The second kappa shape index (κ2) is 8.57. The lowest BCUT2D eigenvalue weighted by Crippen LogP contribution is -2.32. The molecule has 0 unspecified atom stereocenters. The standard InChI is InChI=1S/C25H26BrN3O4/c1-15(2)32-21-7-6-16(12-20(21)26)24-27-23(28-33-24)18-4-3-5-19-17(18)8-9-25(19)13-22(31)29(14-25)10-11-30/h3-7,12,15,30H,8-11,13-14H2,1-2H3/t25-/m0/s1. The van der Waals surface area contributed by atoms with Gasteiger partial charge in [0.2, 0.25) is 11.7 Å². The Kier molecular flexibility index (Phi) is 5.74. The highest BCUT2D eigenvalue weighted by Gasteiger charge is 2.48. The van der Waals surface area contributed by atoms with Crippen LogP contribution in [0.4, 0.5) is 0 Å². The van der Waals surface area contributed by atoms with Gasteiger partial charge in [-0.1, -0.05) is 23.4 Å². The van der Waals surface area contributed by atoms with E-state index in [9.17, 15) is 9.90 Å². The van der Waals surface area contributed by atoms with E-state index in [1.165, 1.54) is 11.1 Å². The van der Waals surface area contributed by atoms with Crippen LogP contribution in [0.25, 0.3) is 22.8 Å². The molecule has 8 heteroatoms. The van der Waals surface area contributed by atoms with E-state index in [4.69, 9.17) is 9.26 Å². The highest BCUT2D eigenvalue weighted by molar-refractivity contribution is 9.10. The molecule has 1 aliphatic heterocycles. The van der Waals surface area contributed by atoms with Gasteiger partial charge < -0.3 is 19.3 Å². The van der Waals surface area contributed by atoms with Crippen LogP contribution in [0.5, 0.6) is 5.75 Å². The van der Waals surface area contributed by atoms with Gasteiger partial charge in [0.1, 0.15) is 5.75 Å². The fourth-order valence-corrected chi connectivity index (χ4v) is 5.55. The second-order valence-corrected chi connectivity index (χ2v) is 9.92. The molecule has 33 heavy (non-hydrogen) atoms. The van der Waals surface area contributed by atoms with Crippen LogP contribution in [-0.4, -0.2) is 51.9 Å². The third-order valence-corrected chi connectivity index (χ3v) is 7.13. The van der Waals surface area contributed by atoms with E-state index < -0.39 is 0 Å². The van der Waals surface area contributed by atoms with Crippen molar-refractivity contribution < 1.29 is 19.2 Å². The van der Waals surface area contributed by atoms with Crippen LogP contribution in [0, 0.1) is 0 Å². The Morgan fingerprint density at radius 2 is 2.15 bits per heavy atom. The Morgan fingerprint density at radius 3 is 2.91 bits per heavy atom. The van der Waals surface area contributed by atoms with Gasteiger partial charge in [0.25, 0.3) is 5.89 Å². The van der Waals surface area contributed by atoms with Gasteiger partial charge in [-0.2, -0.15) is 4.98 Å². The monoisotopic (exact) mass is 511 g/mol. The molecule has 1 aliphatic carbocycles. The number of halogens is 1. The summed E-state index contributed by atoms with van der Waals surface area (Å²) in [5.41, 5.74) is 3.94. The third-order valence-electron chi connectivity index (χ3n) is 6.52. The summed E-state index contributed by atoms with van der Waals surface area (Å²) >= 11 is 3.56. The summed E-state index contributed by atoms with van der Waals surface area (Å²) in [5, 5.41) is 13.6. The van der Waals surface area contributed by atoms with Crippen LogP contribution in [-0.2, 0) is 16.6 Å². The van der Waals surface area contributed by atoms with E-state index >= 15 is 0 Å². The van der Waals surface area contributed by atoms with Gasteiger partial charge in [-0.3, -0.25) is 4.79 Å². The predicted molar refractivity (Wildman–Crippen MR) is 127 cm³/mol. The summed E-state index contributed by atoms with van der Waals surface area (Å²) in [6.07, 6.45) is 2.33. The zero-order chi connectivity index (χ0) is 23.2. The van der Waals surface area contributed by atoms with Crippen molar-refractivity contribution >= 4 is 21.8 Å². The number of hydrogen-bond donors (Lipinski definition) is 1. The molecule has 1 atom stereocenters. The van der Waals surface area contributed by atoms with Crippen molar-refractivity contribution in [2.75, 3.05) is 19.7 Å². The number of aromatic nitrogens is 2. The first kappa shape index (κ1) is 22.1. The van der Waals surface area contributed by atoms with E-state index in [0.717, 1.165) is 34.2 Å². The number of carbonyl (C=O) groups excluding carboxylic acids is 1. The molecular weight excluding hydrogens is 486 g/mol. The molecule has 0 radical (unpaired) electrons. The Balaban J connectivity index is 1.45. The summed E-state index contributed by atoms with van der Waals surface area (Å²) in [4.78, 5) is 19.0. The zero-order valence-electron chi connectivity index (χ0n) is 18.7. The molecule has 3 aromatic rings. The lowest BCUT2D eigenvalue weighted by molar-refractivity contribution is -0.128. The van der Waals surface area contributed by atoms with Gasteiger partial charge in [0.15, 0.2) is 0 Å². The van der Waals surface area contributed by atoms with Crippen molar-refractivity contribution in [3.63, 3.8) is 0 Å². The average Bonchev–Trinajstić information content (AvgIpc) is 3.48. The van der Waals surface area contributed by atoms with E-state index in [2.05, 4.69) is 32.1 Å². The molecule has 1 fully saturated rings. The lowest BCUT2D eigenvalue weighted by atomic mass is 9.80. The number of β-amino-alcohol motifs (C(OH)–C–C–N with tert-alkyl or cyclic N) is 1. The molecule has 1 saturated heterocycles. The number of carbonyl (C=O) groups is 1. The summed E-state index contributed by atoms with van der Waals surface area (Å²) < 4.78 is 12.2. The Bertz CT molecular complexity index is 1210. The highest BCUT2D eigenvalue weighted by atomic mass is 79.9. The summed E-state index contributed by atoms with van der Waals surface area (Å²) in [7, 11) is 0. The summed E-state index contributed by atoms with van der Waals surface area (Å²) in [6, 6.07) is 11.9. The van der Waals surface area contributed by atoms with Crippen molar-refractivity contribution in [2.24, 2.45) is 0 Å². The maximum Gasteiger partial charge on any atom is 0.258 e. The highest BCUT2D eigenvalue weighted by Crippen LogP contribution is 2.48. The van der Waals surface area contributed by atoms with Gasteiger partial charge in [-0.15, -0.1) is 0 Å². The minimum absolute atomic E-state index is 0.0129. The van der Waals surface area contributed by atoms with E-state index in [1.54, 1.807) is 4.90 Å². The molecule has 0 saturated carbocycles. The first-order chi connectivity index (χ1) is 15.9. The van der Waals surface area contributed by atoms with Crippen molar-refractivity contribution in [3.8, 4) is 28.6 Å². The van der Waals surface area contributed by atoms with Crippen LogP contribution in [0.1, 0.15) is 37.8 Å². The molecule has 2 aromatic carbocycles. The minimum Gasteiger partial charge on any atom is -0.490 e. The number of aliphatic hydroxyl groups is 1. The SMILES string of the molecule is CC(C)Oc1ccc(-c2nc(-c3cccc4c3CC[C@@]43CC(=O)N(CCO)C3)no2)cc1Br. The molecule has 1 spiro atoms. The van der Waals surface area contributed by atoms with Crippen LogP contribution in [0.3, 0.4) is 0 Å². The Labute approximate surface area is 200 Å². The van der Waals surface area contributed by atoms with E-state index in [0.29, 0.717) is 31.2 Å². The second-order valence-electron chi connectivity index (χ2n) is 9.06. The van der Waals surface area contributed by atoms with Gasteiger partial charge in [0, 0.05) is 36.1 Å². The first-order valence-corrected chi connectivity index (χ1v) is 12.0. The van der Waals surface area contributed by atoms with Gasteiger partial charge >= 0.3 is 0 Å². The van der Waals surface area contributed by atoms with Gasteiger partial charge in [0.05, 0.1) is 17.2 Å². The smallest absolute Gasteiger partial charge is 0.258 e. The average molecular weight is 512 g/mol. The maximum atomic E-state index is 12.5. The number of fused-ring (bicyclic) bond motifs is 2. The quantitative estimate of drug-likeness (QED) is 0.528. The number of rotatable bonds is 6. The largest absolute Gasteiger partial charge is 0.490 e. The number of nitrogens with zero attached hydrogens (tertiary/aromatic N) is 3. The molecule has 2 aliphatic rings. The Hall–Kier alpha value is -2.71.